The van der Waals surface area contributed by atoms with Crippen molar-refractivity contribution in [1.82, 2.24) is 4.90 Å². The number of hydrogen-bond donors (Lipinski definition) is 2. The maximum atomic E-state index is 14.6. The Kier molecular flexibility index (Phi) is 6.20. The first-order valence-electron chi connectivity index (χ1n) is 10.0. The third-order valence-electron chi connectivity index (χ3n) is 5.36. The molecule has 0 saturated carbocycles. The predicted octanol–water partition coefficient (Wildman–Crippen LogP) is 2.82. The standard InChI is InChI=1S/C23H25F2N3O4/c1-23(2,3)18-16(24)10-13(11-17(18)25)27-21(30)19-15-6-5-14(32-4)9-12(15)7-8-28(19)22(31)20(26)29/h5-6,9-11,19H,7-8H2,1-4H3,(H2,26,29)(H,27,30)/t19-/m1/s1. The molecule has 7 nitrogen and oxygen atoms in total. The van der Waals surface area contributed by atoms with Gasteiger partial charge in [0.1, 0.15) is 23.4 Å². The maximum Gasteiger partial charge on any atom is 0.312 e. The number of benzene rings is 2. The quantitative estimate of drug-likeness (QED) is 0.710. The van der Waals surface area contributed by atoms with Gasteiger partial charge in [-0.25, -0.2) is 8.78 Å². The highest BCUT2D eigenvalue weighted by molar-refractivity contribution is 6.34. The van der Waals surface area contributed by atoms with Crippen LogP contribution in [0.1, 0.15) is 43.5 Å². The van der Waals surface area contributed by atoms with Crippen LogP contribution in [0.5, 0.6) is 5.75 Å². The summed E-state index contributed by atoms with van der Waals surface area (Å²) < 4.78 is 34.4. The van der Waals surface area contributed by atoms with Crippen molar-refractivity contribution in [3.8, 4) is 5.75 Å². The summed E-state index contributed by atoms with van der Waals surface area (Å²) in [7, 11) is 1.50. The molecule has 3 rings (SSSR count). The molecule has 0 spiro atoms. The van der Waals surface area contributed by atoms with Crippen molar-refractivity contribution >= 4 is 23.4 Å². The summed E-state index contributed by atoms with van der Waals surface area (Å²) in [6.45, 7) is 5.08. The summed E-state index contributed by atoms with van der Waals surface area (Å²) in [4.78, 5) is 38.2. The van der Waals surface area contributed by atoms with E-state index in [9.17, 15) is 23.2 Å². The third kappa shape index (κ3) is 4.42. The van der Waals surface area contributed by atoms with Crippen molar-refractivity contribution in [2.45, 2.75) is 38.6 Å². The molecule has 0 bridgehead atoms. The number of methoxy groups -OCH3 is 1. The lowest BCUT2D eigenvalue weighted by Crippen LogP contribution is -2.49. The smallest absolute Gasteiger partial charge is 0.312 e. The van der Waals surface area contributed by atoms with Crippen LogP contribution in [0.25, 0.3) is 0 Å². The SMILES string of the molecule is COc1ccc2c(c1)CCN(C(=O)C(N)=O)[C@H]2C(=O)Nc1cc(F)c(C(C)(C)C)c(F)c1. The lowest BCUT2D eigenvalue weighted by molar-refractivity contribution is -0.148. The first-order chi connectivity index (χ1) is 14.9. The van der Waals surface area contributed by atoms with Gasteiger partial charge in [0.2, 0.25) is 0 Å². The number of anilines is 1. The number of ether oxygens (including phenoxy) is 1. The number of halogens is 2. The molecule has 0 fully saturated rings. The van der Waals surface area contributed by atoms with Crippen molar-refractivity contribution in [2.75, 3.05) is 19.0 Å². The number of amides is 3. The van der Waals surface area contributed by atoms with Gasteiger partial charge in [-0.05, 0) is 47.2 Å². The molecular weight excluding hydrogens is 420 g/mol. The number of rotatable bonds is 3. The number of nitrogens with one attached hydrogen (secondary N) is 1. The van der Waals surface area contributed by atoms with Gasteiger partial charge in [0.05, 0.1) is 7.11 Å². The predicted molar refractivity (Wildman–Crippen MR) is 114 cm³/mol. The van der Waals surface area contributed by atoms with Crippen molar-refractivity contribution in [2.24, 2.45) is 5.73 Å². The van der Waals surface area contributed by atoms with E-state index >= 15 is 0 Å². The van der Waals surface area contributed by atoms with Crippen molar-refractivity contribution in [3.05, 3.63) is 58.7 Å². The zero-order chi connectivity index (χ0) is 23.8. The number of hydrogen-bond acceptors (Lipinski definition) is 4. The Morgan fingerprint density at radius 3 is 2.28 bits per heavy atom. The molecule has 0 unspecified atom stereocenters. The van der Waals surface area contributed by atoms with E-state index in [2.05, 4.69) is 5.32 Å². The molecular formula is C23H25F2N3O4. The van der Waals surface area contributed by atoms with E-state index in [4.69, 9.17) is 10.5 Å². The van der Waals surface area contributed by atoms with Crippen LogP contribution in [-0.4, -0.2) is 36.3 Å². The molecule has 0 saturated heterocycles. The van der Waals surface area contributed by atoms with Gasteiger partial charge in [0.15, 0.2) is 0 Å². The van der Waals surface area contributed by atoms with E-state index in [1.165, 1.54) is 7.11 Å². The minimum atomic E-state index is -1.21. The summed E-state index contributed by atoms with van der Waals surface area (Å²) in [5.74, 6) is -3.98. The summed E-state index contributed by atoms with van der Waals surface area (Å²) in [6, 6.07) is 5.81. The van der Waals surface area contributed by atoms with Crippen LogP contribution in [0.3, 0.4) is 0 Å². The highest BCUT2D eigenvalue weighted by Gasteiger charge is 2.38. The van der Waals surface area contributed by atoms with Crippen LogP contribution in [0.2, 0.25) is 0 Å². The average Bonchev–Trinajstić information content (AvgIpc) is 2.70. The third-order valence-corrected chi connectivity index (χ3v) is 5.36. The van der Waals surface area contributed by atoms with Crippen molar-refractivity contribution < 1.29 is 27.9 Å². The lowest BCUT2D eigenvalue weighted by atomic mass is 9.86. The molecule has 0 radical (unpaired) electrons. The number of carbonyl (C=O) groups is 3. The summed E-state index contributed by atoms with van der Waals surface area (Å²) in [6.07, 6.45) is 0.374. The van der Waals surface area contributed by atoms with E-state index < -0.39 is 40.8 Å². The first-order valence-corrected chi connectivity index (χ1v) is 10.0. The van der Waals surface area contributed by atoms with E-state index in [1.807, 2.05) is 0 Å². The summed E-state index contributed by atoms with van der Waals surface area (Å²) >= 11 is 0. The molecule has 1 aliphatic heterocycles. The second-order valence-electron chi connectivity index (χ2n) is 8.63. The van der Waals surface area contributed by atoms with Gasteiger partial charge >= 0.3 is 11.8 Å². The lowest BCUT2D eigenvalue weighted by Gasteiger charge is -2.35. The minimum absolute atomic E-state index is 0.0612. The number of fused-ring (bicyclic) bond motifs is 1. The molecule has 2 aromatic rings. The van der Waals surface area contributed by atoms with Gasteiger partial charge in [-0.3, -0.25) is 14.4 Å². The Morgan fingerprint density at radius 2 is 1.75 bits per heavy atom. The van der Waals surface area contributed by atoms with E-state index in [0.717, 1.165) is 22.6 Å². The highest BCUT2D eigenvalue weighted by atomic mass is 19.1. The van der Waals surface area contributed by atoms with Crippen molar-refractivity contribution in [3.63, 3.8) is 0 Å². The Morgan fingerprint density at radius 1 is 1.12 bits per heavy atom. The van der Waals surface area contributed by atoms with Crippen LogP contribution >= 0.6 is 0 Å². The summed E-state index contributed by atoms with van der Waals surface area (Å²) in [5, 5.41) is 2.47. The number of primary amides is 1. The molecule has 1 heterocycles. The van der Waals surface area contributed by atoms with Gasteiger partial charge in [0, 0.05) is 17.8 Å². The van der Waals surface area contributed by atoms with Gasteiger partial charge in [-0.15, -0.1) is 0 Å². The van der Waals surface area contributed by atoms with Gasteiger partial charge in [0.25, 0.3) is 5.91 Å². The molecule has 32 heavy (non-hydrogen) atoms. The Labute approximate surface area is 184 Å². The topological polar surface area (TPSA) is 102 Å². The second-order valence-corrected chi connectivity index (χ2v) is 8.63. The number of nitrogens with two attached hydrogens (primary N) is 1. The molecule has 1 aliphatic rings. The molecule has 1 atom stereocenters. The van der Waals surface area contributed by atoms with Crippen LogP contribution in [-0.2, 0) is 26.2 Å². The van der Waals surface area contributed by atoms with E-state index in [0.29, 0.717) is 17.7 Å². The summed E-state index contributed by atoms with van der Waals surface area (Å²) in [5.41, 5.74) is 5.40. The fourth-order valence-electron chi connectivity index (χ4n) is 3.95. The normalized spacial score (nSPS) is 15.7. The number of carbonyl (C=O) groups excluding carboxylic acids is 3. The maximum absolute atomic E-state index is 14.6. The van der Waals surface area contributed by atoms with Gasteiger partial charge in [-0.1, -0.05) is 26.8 Å². The molecule has 2 aromatic carbocycles. The minimum Gasteiger partial charge on any atom is -0.497 e. The molecule has 0 aromatic heterocycles. The Bertz CT molecular complexity index is 1070. The van der Waals surface area contributed by atoms with Crippen LogP contribution in [0.4, 0.5) is 14.5 Å². The van der Waals surface area contributed by atoms with Gasteiger partial charge < -0.3 is 20.7 Å². The van der Waals surface area contributed by atoms with E-state index in [-0.39, 0.29) is 17.8 Å². The van der Waals surface area contributed by atoms with Crippen LogP contribution in [0.15, 0.2) is 30.3 Å². The van der Waals surface area contributed by atoms with E-state index in [1.54, 1.807) is 39.0 Å². The molecule has 0 aliphatic carbocycles. The monoisotopic (exact) mass is 445 g/mol. The highest BCUT2D eigenvalue weighted by Crippen LogP contribution is 2.34. The van der Waals surface area contributed by atoms with Crippen LogP contribution < -0.4 is 15.8 Å². The van der Waals surface area contributed by atoms with Gasteiger partial charge in [-0.2, -0.15) is 0 Å². The molecule has 170 valence electrons. The zero-order valence-corrected chi connectivity index (χ0v) is 18.3. The molecule has 3 N–H and O–H groups in total. The fourth-order valence-corrected chi connectivity index (χ4v) is 3.95. The average molecular weight is 445 g/mol. The fraction of sp³-hybridized carbons (Fsp3) is 0.348. The first kappa shape index (κ1) is 23.2. The van der Waals surface area contributed by atoms with Crippen molar-refractivity contribution in [1.29, 1.82) is 0 Å². The molecule has 3 amide bonds. The van der Waals surface area contributed by atoms with Crippen LogP contribution in [0, 0.1) is 11.6 Å². The Hall–Kier alpha value is -3.49. The number of nitrogens with zero attached hydrogens (tertiary/aromatic N) is 1. The Balaban J connectivity index is 2.00. The zero-order valence-electron chi connectivity index (χ0n) is 18.3. The molecule has 9 heteroatoms. The largest absolute Gasteiger partial charge is 0.497 e. The second kappa shape index (κ2) is 8.57.